The predicted molar refractivity (Wildman–Crippen MR) is 64.6 cm³/mol. The molecule has 1 aliphatic rings. The van der Waals surface area contributed by atoms with Crippen molar-refractivity contribution in [3.63, 3.8) is 0 Å². The number of sulfone groups is 1. The summed E-state index contributed by atoms with van der Waals surface area (Å²) in [6.07, 6.45) is 0.924. The fourth-order valence-electron chi connectivity index (χ4n) is 2.14. The predicted octanol–water partition coefficient (Wildman–Crippen LogP) is 0.874. The third-order valence-electron chi connectivity index (χ3n) is 3.20. The highest BCUT2D eigenvalue weighted by atomic mass is 32.2. The van der Waals surface area contributed by atoms with Gasteiger partial charge in [0.1, 0.15) is 5.75 Å². The molecule has 2 rings (SSSR count). The molecule has 0 saturated carbocycles. The molecule has 17 heavy (non-hydrogen) atoms. The highest BCUT2D eigenvalue weighted by molar-refractivity contribution is 7.91. The van der Waals surface area contributed by atoms with Crippen molar-refractivity contribution in [2.24, 2.45) is 0 Å². The molecule has 0 amide bonds. The lowest BCUT2D eigenvalue weighted by molar-refractivity contribution is 0.0306. The Morgan fingerprint density at radius 1 is 1.24 bits per heavy atom. The van der Waals surface area contributed by atoms with Crippen LogP contribution < -0.4 is 0 Å². The molecule has 94 valence electrons. The van der Waals surface area contributed by atoms with E-state index in [2.05, 4.69) is 0 Å². The quantitative estimate of drug-likeness (QED) is 0.823. The van der Waals surface area contributed by atoms with Gasteiger partial charge >= 0.3 is 0 Å². The molecule has 2 N–H and O–H groups in total. The van der Waals surface area contributed by atoms with Crippen LogP contribution in [-0.2, 0) is 16.3 Å². The lowest BCUT2D eigenvalue weighted by Crippen LogP contribution is -2.40. The van der Waals surface area contributed by atoms with Crippen molar-refractivity contribution < 1.29 is 18.6 Å². The van der Waals surface area contributed by atoms with Crippen LogP contribution in [0.1, 0.15) is 18.4 Å². The number of hydrogen-bond acceptors (Lipinski definition) is 4. The Kier molecular flexibility index (Phi) is 3.14. The Bertz CT molecular complexity index is 493. The van der Waals surface area contributed by atoms with Gasteiger partial charge in [-0.25, -0.2) is 8.42 Å². The van der Waals surface area contributed by atoms with Crippen LogP contribution in [0.2, 0.25) is 0 Å². The molecule has 0 aliphatic carbocycles. The van der Waals surface area contributed by atoms with Gasteiger partial charge in [-0.05, 0) is 30.5 Å². The monoisotopic (exact) mass is 256 g/mol. The van der Waals surface area contributed by atoms with Gasteiger partial charge in [0, 0.05) is 6.42 Å². The number of rotatable bonds is 2. The number of benzene rings is 1. The average molecular weight is 256 g/mol. The SMILES string of the molecule is O=S1(=O)CCC(O)(Cc2cccc(O)c2)CC1. The standard InChI is InChI=1S/C12H16O4S/c13-11-3-1-2-10(8-11)9-12(14)4-6-17(15,16)7-5-12/h1-3,8,13-14H,4-7,9H2. The van der Waals surface area contributed by atoms with E-state index in [1.54, 1.807) is 18.2 Å². The van der Waals surface area contributed by atoms with Crippen molar-refractivity contribution in [3.8, 4) is 5.75 Å². The van der Waals surface area contributed by atoms with Crippen LogP contribution in [-0.4, -0.2) is 35.7 Å². The maximum atomic E-state index is 11.3. The molecule has 0 unspecified atom stereocenters. The van der Waals surface area contributed by atoms with Gasteiger partial charge in [0.15, 0.2) is 9.84 Å². The van der Waals surface area contributed by atoms with Crippen LogP contribution >= 0.6 is 0 Å². The van der Waals surface area contributed by atoms with E-state index in [9.17, 15) is 18.6 Å². The molecule has 1 aromatic rings. The van der Waals surface area contributed by atoms with Gasteiger partial charge < -0.3 is 10.2 Å². The van der Waals surface area contributed by atoms with E-state index in [4.69, 9.17) is 0 Å². The zero-order chi connectivity index (χ0) is 12.5. The fraction of sp³-hybridized carbons (Fsp3) is 0.500. The first kappa shape index (κ1) is 12.4. The van der Waals surface area contributed by atoms with Gasteiger partial charge in [-0.2, -0.15) is 0 Å². The van der Waals surface area contributed by atoms with Crippen LogP contribution in [0.4, 0.5) is 0 Å². The van der Waals surface area contributed by atoms with Crippen LogP contribution in [0, 0.1) is 0 Å². The largest absolute Gasteiger partial charge is 0.508 e. The Morgan fingerprint density at radius 2 is 1.88 bits per heavy atom. The first-order valence-corrected chi connectivity index (χ1v) is 7.41. The van der Waals surface area contributed by atoms with Gasteiger partial charge in [-0.3, -0.25) is 0 Å². The second-order valence-corrected chi connectivity index (χ2v) is 7.03. The zero-order valence-electron chi connectivity index (χ0n) is 9.46. The fourth-order valence-corrected chi connectivity index (χ4v) is 3.73. The molecular formula is C12H16O4S. The minimum Gasteiger partial charge on any atom is -0.508 e. The number of aliphatic hydroxyl groups is 1. The summed E-state index contributed by atoms with van der Waals surface area (Å²) in [6.45, 7) is 0. The molecule has 1 heterocycles. The lowest BCUT2D eigenvalue weighted by Gasteiger charge is -2.32. The number of aromatic hydroxyl groups is 1. The van der Waals surface area contributed by atoms with E-state index in [1.807, 2.05) is 6.07 Å². The Balaban J connectivity index is 2.09. The van der Waals surface area contributed by atoms with E-state index < -0.39 is 15.4 Å². The minimum atomic E-state index is -2.96. The lowest BCUT2D eigenvalue weighted by atomic mass is 9.89. The minimum absolute atomic E-state index is 0.0440. The average Bonchev–Trinajstić information content (AvgIpc) is 2.24. The Morgan fingerprint density at radius 3 is 2.47 bits per heavy atom. The zero-order valence-corrected chi connectivity index (χ0v) is 10.3. The Hall–Kier alpha value is -1.07. The second-order valence-electron chi connectivity index (χ2n) is 4.72. The van der Waals surface area contributed by atoms with Crippen molar-refractivity contribution in [1.29, 1.82) is 0 Å². The number of hydrogen-bond donors (Lipinski definition) is 2. The molecule has 1 saturated heterocycles. The highest BCUT2D eigenvalue weighted by Crippen LogP contribution is 2.28. The molecule has 0 spiro atoms. The summed E-state index contributed by atoms with van der Waals surface area (Å²) < 4.78 is 22.6. The van der Waals surface area contributed by atoms with Gasteiger partial charge in [-0.15, -0.1) is 0 Å². The smallest absolute Gasteiger partial charge is 0.150 e. The van der Waals surface area contributed by atoms with Crippen LogP contribution in [0.25, 0.3) is 0 Å². The van der Waals surface area contributed by atoms with Gasteiger partial charge in [-0.1, -0.05) is 12.1 Å². The van der Waals surface area contributed by atoms with Crippen LogP contribution in [0.3, 0.4) is 0 Å². The van der Waals surface area contributed by atoms with Gasteiger partial charge in [0.2, 0.25) is 0 Å². The molecule has 5 heteroatoms. The van der Waals surface area contributed by atoms with E-state index in [0.717, 1.165) is 5.56 Å². The van der Waals surface area contributed by atoms with E-state index in [-0.39, 0.29) is 30.1 Å². The van der Waals surface area contributed by atoms with Crippen molar-refractivity contribution in [1.82, 2.24) is 0 Å². The van der Waals surface area contributed by atoms with Crippen LogP contribution in [0.15, 0.2) is 24.3 Å². The molecule has 1 fully saturated rings. The third kappa shape index (κ3) is 3.20. The van der Waals surface area contributed by atoms with Gasteiger partial charge in [0.05, 0.1) is 17.1 Å². The van der Waals surface area contributed by atoms with Crippen molar-refractivity contribution in [2.45, 2.75) is 24.9 Å². The summed E-state index contributed by atoms with van der Waals surface area (Å²) in [5.74, 6) is 0.250. The van der Waals surface area contributed by atoms with Gasteiger partial charge in [0.25, 0.3) is 0 Å². The van der Waals surface area contributed by atoms with Crippen LogP contribution in [0.5, 0.6) is 5.75 Å². The molecule has 4 nitrogen and oxygen atoms in total. The van der Waals surface area contributed by atoms with Crippen molar-refractivity contribution in [3.05, 3.63) is 29.8 Å². The maximum Gasteiger partial charge on any atom is 0.150 e. The molecule has 0 atom stereocenters. The molecular weight excluding hydrogens is 240 g/mol. The normalized spacial score (nSPS) is 22.2. The van der Waals surface area contributed by atoms with E-state index >= 15 is 0 Å². The van der Waals surface area contributed by atoms with Crippen molar-refractivity contribution >= 4 is 9.84 Å². The topological polar surface area (TPSA) is 74.6 Å². The number of phenolic OH excluding ortho intramolecular Hbond substituents is 1. The summed E-state index contributed by atoms with van der Waals surface area (Å²) >= 11 is 0. The molecule has 0 radical (unpaired) electrons. The maximum absolute atomic E-state index is 11.3. The van der Waals surface area contributed by atoms with E-state index in [1.165, 1.54) is 0 Å². The number of phenols is 1. The third-order valence-corrected chi connectivity index (χ3v) is 4.85. The summed E-state index contributed by atoms with van der Waals surface area (Å²) in [6, 6.07) is 6.70. The summed E-state index contributed by atoms with van der Waals surface area (Å²) in [5, 5.41) is 19.6. The highest BCUT2D eigenvalue weighted by Gasteiger charge is 2.35. The summed E-state index contributed by atoms with van der Waals surface area (Å²) in [5.41, 5.74) is -0.133. The first-order valence-electron chi connectivity index (χ1n) is 5.59. The molecule has 1 aliphatic heterocycles. The molecule has 0 bridgehead atoms. The molecule has 0 aromatic heterocycles. The molecule has 1 aromatic carbocycles. The van der Waals surface area contributed by atoms with E-state index in [0.29, 0.717) is 6.42 Å². The Labute approximate surface area is 101 Å². The summed E-state index contributed by atoms with van der Waals surface area (Å²) in [7, 11) is -2.96. The second kappa shape index (κ2) is 4.31. The summed E-state index contributed by atoms with van der Waals surface area (Å²) in [4.78, 5) is 0. The van der Waals surface area contributed by atoms with Crippen molar-refractivity contribution in [2.75, 3.05) is 11.5 Å². The first-order chi connectivity index (χ1) is 7.89.